The lowest BCUT2D eigenvalue weighted by atomic mass is 10.2. The second-order valence-electron chi connectivity index (χ2n) is 5.29. The molecule has 0 bridgehead atoms. The number of rotatable bonds is 5. The van der Waals surface area contributed by atoms with E-state index in [2.05, 4.69) is 15.6 Å². The second kappa shape index (κ2) is 6.55. The van der Waals surface area contributed by atoms with Crippen LogP contribution in [0.25, 0.3) is 0 Å². The summed E-state index contributed by atoms with van der Waals surface area (Å²) >= 11 is 12.0. The molecule has 4 nitrogen and oxygen atoms in total. The molecule has 2 N–H and O–H groups in total. The van der Waals surface area contributed by atoms with Gasteiger partial charge in [-0.05, 0) is 42.7 Å². The highest BCUT2D eigenvalue weighted by Gasteiger charge is 2.24. The van der Waals surface area contributed by atoms with Crippen molar-refractivity contribution in [3.05, 3.63) is 57.8 Å². The molecule has 2 aromatic rings. The van der Waals surface area contributed by atoms with Crippen LogP contribution in [0.2, 0.25) is 10.2 Å². The number of nitrogens with zero attached hydrogens (tertiary/aromatic N) is 1. The zero-order chi connectivity index (χ0) is 15.5. The normalized spacial score (nSPS) is 13.7. The number of benzene rings is 1. The third-order valence-corrected chi connectivity index (χ3v) is 3.95. The smallest absolute Gasteiger partial charge is 0.253 e. The van der Waals surface area contributed by atoms with Crippen molar-refractivity contribution in [3.63, 3.8) is 0 Å². The van der Waals surface area contributed by atoms with Crippen LogP contribution in [0.5, 0.6) is 0 Å². The lowest BCUT2D eigenvalue weighted by Crippen LogP contribution is -2.25. The summed E-state index contributed by atoms with van der Waals surface area (Å²) in [5.41, 5.74) is 2.37. The average Bonchev–Trinajstić information content (AvgIpc) is 3.30. The Morgan fingerprint density at radius 3 is 2.68 bits per heavy atom. The summed E-state index contributed by atoms with van der Waals surface area (Å²) in [6.07, 6.45) is 3.82. The molecule has 0 spiro atoms. The first-order chi connectivity index (χ1) is 10.6. The van der Waals surface area contributed by atoms with Crippen molar-refractivity contribution in [3.8, 4) is 0 Å². The van der Waals surface area contributed by atoms with E-state index in [0.717, 1.165) is 24.1 Å². The molecule has 0 aliphatic heterocycles. The molecule has 1 aliphatic carbocycles. The number of carbonyl (C=O) groups excluding carboxylic acids is 1. The minimum Gasteiger partial charge on any atom is -0.381 e. The molecule has 1 fully saturated rings. The van der Waals surface area contributed by atoms with Gasteiger partial charge in [0.05, 0.1) is 10.6 Å². The Hall–Kier alpha value is -1.78. The van der Waals surface area contributed by atoms with Gasteiger partial charge < -0.3 is 10.6 Å². The predicted octanol–water partition coefficient (Wildman–Crippen LogP) is 3.89. The van der Waals surface area contributed by atoms with Crippen molar-refractivity contribution in [2.45, 2.75) is 25.4 Å². The van der Waals surface area contributed by atoms with E-state index in [1.165, 1.54) is 0 Å². The van der Waals surface area contributed by atoms with Crippen LogP contribution in [0.4, 0.5) is 5.69 Å². The van der Waals surface area contributed by atoms with Gasteiger partial charge in [0.1, 0.15) is 5.15 Å². The Kier molecular flexibility index (Phi) is 4.50. The Morgan fingerprint density at radius 2 is 2.05 bits per heavy atom. The Labute approximate surface area is 138 Å². The van der Waals surface area contributed by atoms with Crippen LogP contribution < -0.4 is 10.6 Å². The molecule has 1 heterocycles. The highest BCUT2D eigenvalue weighted by molar-refractivity contribution is 6.34. The zero-order valence-electron chi connectivity index (χ0n) is 11.8. The van der Waals surface area contributed by atoms with Gasteiger partial charge in [-0.15, -0.1) is 0 Å². The largest absolute Gasteiger partial charge is 0.381 e. The molecule has 0 atom stereocenters. The van der Waals surface area contributed by atoms with E-state index in [4.69, 9.17) is 23.2 Å². The highest BCUT2D eigenvalue weighted by atomic mass is 35.5. The van der Waals surface area contributed by atoms with Gasteiger partial charge >= 0.3 is 0 Å². The zero-order valence-corrected chi connectivity index (χ0v) is 13.3. The van der Waals surface area contributed by atoms with Crippen molar-refractivity contribution >= 4 is 34.8 Å². The third-order valence-electron chi connectivity index (χ3n) is 3.41. The summed E-state index contributed by atoms with van der Waals surface area (Å²) in [7, 11) is 0. The summed E-state index contributed by atoms with van der Waals surface area (Å²) in [6.45, 7) is 0.605. The Balaban J connectivity index is 1.63. The van der Waals surface area contributed by atoms with Crippen molar-refractivity contribution in [1.82, 2.24) is 10.3 Å². The first kappa shape index (κ1) is 15.1. The molecule has 1 saturated carbocycles. The number of anilines is 1. The summed E-state index contributed by atoms with van der Waals surface area (Å²) in [4.78, 5) is 16.0. The fourth-order valence-corrected chi connectivity index (χ4v) is 2.39. The molecule has 1 aliphatic rings. The topological polar surface area (TPSA) is 54.0 Å². The number of carbonyl (C=O) groups is 1. The number of aromatic nitrogens is 1. The SMILES string of the molecule is O=C(NC1CC1)c1ccc(NCc2ccc(Cl)nc2)cc1Cl. The molecule has 0 saturated heterocycles. The minimum absolute atomic E-state index is 0.110. The highest BCUT2D eigenvalue weighted by Crippen LogP contribution is 2.24. The number of pyridine rings is 1. The van der Waals surface area contributed by atoms with E-state index in [1.807, 2.05) is 12.1 Å². The van der Waals surface area contributed by atoms with Gasteiger partial charge in [0, 0.05) is 24.5 Å². The number of amides is 1. The number of hydrogen-bond donors (Lipinski definition) is 2. The van der Waals surface area contributed by atoms with E-state index in [9.17, 15) is 4.79 Å². The summed E-state index contributed by atoms with van der Waals surface area (Å²) in [5.74, 6) is -0.110. The molecule has 114 valence electrons. The van der Waals surface area contributed by atoms with Gasteiger partial charge in [-0.25, -0.2) is 4.98 Å². The quantitative estimate of drug-likeness (QED) is 0.815. The van der Waals surface area contributed by atoms with Gasteiger partial charge in [-0.3, -0.25) is 4.79 Å². The van der Waals surface area contributed by atoms with Crippen LogP contribution in [0.15, 0.2) is 36.5 Å². The number of nitrogens with one attached hydrogen (secondary N) is 2. The average molecular weight is 336 g/mol. The molecule has 1 aromatic heterocycles. The lowest BCUT2D eigenvalue weighted by molar-refractivity contribution is 0.0951. The summed E-state index contributed by atoms with van der Waals surface area (Å²) in [6, 6.07) is 9.31. The first-order valence-corrected chi connectivity index (χ1v) is 7.82. The van der Waals surface area contributed by atoms with Crippen molar-refractivity contribution < 1.29 is 4.79 Å². The van der Waals surface area contributed by atoms with E-state index in [-0.39, 0.29) is 5.91 Å². The molecular weight excluding hydrogens is 321 g/mol. The van der Waals surface area contributed by atoms with E-state index >= 15 is 0 Å². The monoisotopic (exact) mass is 335 g/mol. The minimum atomic E-state index is -0.110. The predicted molar refractivity (Wildman–Crippen MR) is 88.5 cm³/mol. The van der Waals surface area contributed by atoms with Gasteiger partial charge in [0.2, 0.25) is 0 Å². The van der Waals surface area contributed by atoms with Gasteiger partial charge in [-0.2, -0.15) is 0 Å². The molecule has 0 unspecified atom stereocenters. The number of halogens is 2. The summed E-state index contributed by atoms with van der Waals surface area (Å²) in [5, 5.41) is 7.08. The second-order valence-corrected chi connectivity index (χ2v) is 6.08. The first-order valence-electron chi connectivity index (χ1n) is 7.06. The maximum Gasteiger partial charge on any atom is 0.253 e. The van der Waals surface area contributed by atoms with Crippen LogP contribution in [0.3, 0.4) is 0 Å². The van der Waals surface area contributed by atoms with Crippen LogP contribution in [0.1, 0.15) is 28.8 Å². The van der Waals surface area contributed by atoms with Crippen LogP contribution in [-0.4, -0.2) is 16.9 Å². The Bertz CT molecular complexity index is 684. The van der Waals surface area contributed by atoms with Crippen molar-refractivity contribution in [2.75, 3.05) is 5.32 Å². The molecule has 22 heavy (non-hydrogen) atoms. The fourth-order valence-electron chi connectivity index (χ4n) is 2.02. The summed E-state index contributed by atoms with van der Waals surface area (Å²) < 4.78 is 0. The molecule has 0 radical (unpaired) electrons. The van der Waals surface area contributed by atoms with E-state index < -0.39 is 0 Å². The van der Waals surface area contributed by atoms with Crippen molar-refractivity contribution in [1.29, 1.82) is 0 Å². The van der Waals surface area contributed by atoms with E-state index in [0.29, 0.717) is 28.3 Å². The third kappa shape index (κ3) is 3.90. The lowest BCUT2D eigenvalue weighted by Gasteiger charge is -2.10. The Morgan fingerprint density at radius 1 is 1.23 bits per heavy atom. The maximum atomic E-state index is 12.0. The number of hydrogen-bond acceptors (Lipinski definition) is 3. The van der Waals surface area contributed by atoms with Gasteiger partial charge in [0.15, 0.2) is 0 Å². The van der Waals surface area contributed by atoms with Gasteiger partial charge in [-0.1, -0.05) is 29.3 Å². The molecule has 1 amide bonds. The molecule has 3 rings (SSSR count). The fraction of sp³-hybridized carbons (Fsp3) is 0.250. The van der Waals surface area contributed by atoms with E-state index in [1.54, 1.807) is 24.4 Å². The molecule has 6 heteroatoms. The van der Waals surface area contributed by atoms with Gasteiger partial charge in [0.25, 0.3) is 5.91 Å². The standard InChI is InChI=1S/C16H15Cl2N3O/c17-14-7-12(19-8-10-1-6-15(18)20-9-10)4-5-13(14)16(22)21-11-2-3-11/h1,4-7,9,11,19H,2-3,8H2,(H,21,22). The molecule has 1 aromatic carbocycles. The van der Waals surface area contributed by atoms with Crippen molar-refractivity contribution in [2.24, 2.45) is 0 Å². The van der Waals surface area contributed by atoms with Crippen LogP contribution in [-0.2, 0) is 6.54 Å². The maximum absolute atomic E-state index is 12.0. The van der Waals surface area contributed by atoms with Crippen LogP contribution in [0, 0.1) is 0 Å². The molecular formula is C16H15Cl2N3O. The van der Waals surface area contributed by atoms with Crippen LogP contribution >= 0.6 is 23.2 Å².